The van der Waals surface area contributed by atoms with Crippen molar-refractivity contribution in [3.05, 3.63) is 11.6 Å². The number of amides is 1. The van der Waals surface area contributed by atoms with Crippen LogP contribution in [0.25, 0.3) is 0 Å². The highest BCUT2D eigenvalue weighted by molar-refractivity contribution is 5.88. The Balaban J connectivity index is 2.85. The van der Waals surface area contributed by atoms with Gasteiger partial charge in [0.2, 0.25) is 5.91 Å². The van der Waals surface area contributed by atoms with E-state index in [0.717, 1.165) is 12.8 Å². The van der Waals surface area contributed by atoms with Crippen molar-refractivity contribution in [2.75, 3.05) is 6.61 Å². The Morgan fingerprint density at radius 2 is 2.00 bits per heavy atom. The summed E-state index contributed by atoms with van der Waals surface area (Å²) < 4.78 is 11.1. The van der Waals surface area contributed by atoms with E-state index in [0.29, 0.717) is 25.0 Å². The number of hydrogen-bond donors (Lipinski definition) is 1. The third-order valence-electron chi connectivity index (χ3n) is 3.67. The Morgan fingerprint density at radius 1 is 1.33 bits per heavy atom. The predicted octanol–water partition coefficient (Wildman–Crippen LogP) is 2.35. The topological polar surface area (TPSA) is 64.6 Å². The fourth-order valence-corrected chi connectivity index (χ4v) is 2.52. The normalized spacial score (nSPS) is 21.9. The molecule has 1 rings (SSSR count). The molecule has 21 heavy (non-hydrogen) atoms. The summed E-state index contributed by atoms with van der Waals surface area (Å²) in [5.41, 5.74) is 0.648. The predicted molar refractivity (Wildman–Crippen MR) is 80.8 cm³/mol. The SMILES string of the molecule is CCOC(=O)C1=CC(OC(CC)CC)C(NC(C)=O)CC1. The number of esters is 1. The summed E-state index contributed by atoms with van der Waals surface area (Å²) in [5.74, 6) is -0.358. The number of ether oxygens (including phenoxy) is 2. The lowest BCUT2D eigenvalue weighted by atomic mass is 9.92. The zero-order valence-corrected chi connectivity index (χ0v) is 13.5. The molecule has 0 saturated heterocycles. The Morgan fingerprint density at radius 3 is 2.52 bits per heavy atom. The minimum absolute atomic E-state index is 0.0777. The highest BCUT2D eigenvalue weighted by Gasteiger charge is 2.30. The number of hydrogen-bond acceptors (Lipinski definition) is 4. The molecule has 0 aliphatic heterocycles. The van der Waals surface area contributed by atoms with E-state index in [4.69, 9.17) is 9.47 Å². The van der Waals surface area contributed by atoms with Gasteiger partial charge < -0.3 is 14.8 Å². The minimum Gasteiger partial charge on any atom is -0.463 e. The molecule has 5 heteroatoms. The zero-order chi connectivity index (χ0) is 15.8. The second-order valence-corrected chi connectivity index (χ2v) is 5.30. The molecule has 1 aliphatic carbocycles. The van der Waals surface area contributed by atoms with Crippen LogP contribution in [-0.4, -0.2) is 36.7 Å². The molecular formula is C16H27NO4. The molecule has 5 nitrogen and oxygen atoms in total. The largest absolute Gasteiger partial charge is 0.463 e. The summed E-state index contributed by atoms with van der Waals surface area (Å²) >= 11 is 0. The molecule has 0 radical (unpaired) electrons. The van der Waals surface area contributed by atoms with Crippen LogP contribution in [0.1, 0.15) is 53.4 Å². The zero-order valence-electron chi connectivity index (χ0n) is 13.5. The van der Waals surface area contributed by atoms with Crippen LogP contribution in [0, 0.1) is 0 Å². The monoisotopic (exact) mass is 297 g/mol. The van der Waals surface area contributed by atoms with Crippen molar-refractivity contribution in [2.24, 2.45) is 0 Å². The molecule has 0 fully saturated rings. The number of carbonyl (C=O) groups excluding carboxylic acids is 2. The van der Waals surface area contributed by atoms with Crippen LogP contribution in [0.4, 0.5) is 0 Å². The van der Waals surface area contributed by atoms with Gasteiger partial charge in [0.25, 0.3) is 0 Å². The Labute approximate surface area is 127 Å². The molecule has 0 aromatic rings. The molecule has 1 aliphatic rings. The van der Waals surface area contributed by atoms with Gasteiger partial charge in [-0.15, -0.1) is 0 Å². The number of nitrogens with one attached hydrogen (secondary N) is 1. The summed E-state index contributed by atoms with van der Waals surface area (Å²) in [5, 5.41) is 2.92. The minimum atomic E-state index is -0.281. The van der Waals surface area contributed by atoms with Gasteiger partial charge in [0.15, 0.2) is 0 Å². The van der Waals surface area contributed by atoms with Crippen molar-refractivity contribution < 1.29 is 19.1 Å². The van der Waals surface area contributed by atoms with Gasteiger partial charge in [-0.1, -0.05) is 13.8 Å². The maximum absolute atomic E-state index is 11.9. The van der Waals surface area contributed by atoms with Gasteiger partial charge in [0, 0.05) is 12.5 Å². The third-order valence-corrected chi connectivity index (χ3v) is 3.67. The molecule has 1 N–H and O–H groups in total. The molecule has 2 unspecified atom stereocenters. The first kappa shape index (κ1) is 17.7. The van der Waals surface area contributed by atoms with Crippen LogP contribution in [0.3, 0.4) is 0 Å². The highest BCUT2D eigenvalue weighted by Crippen LogP contribution is 2.24. The molecule has 0 aromatic carbocycles. The van der Waals surface area contributed by atoms with Gasteiger partial charge in [-0.25, -0.2) is 4.79 Å². The number of rotatable bonds is 7. The van der Waals surface area contributed by atoms with Gasteiger partial charge >= 0.3 is 5.97 Å². The van der Waals surface area contributed by atoms with Crippen LogP contribution in [0.15, 0.2) is 11.6 Å². The van der Waals surface area contributed by atoms with Gasteiger partial charge in [-0.05, 0) is 38.7 Å². The van der Waals surface area contributed by atoms with E-state index in [2.05, 4.69) is 19.2 Å². The lowest BCUT2D eigenvalue weighted by Crippen LogP contribution is -2.46. The third kappa shape index (κ3) is 5.50. The Hall–Kier alpha value is -1.36. The smallest absolute Gasteiger partial charge is 0.333 e. The van der Waals surface area contributed by atoms with Crippen molar-refractivity contribution in [2.45, 2.75) is 71.6 Å². The van der Waals surface area contributed by atoms with E-state index in [9.17, 15) is 9.59 Å². The maximum Gasteiger partial charge on any atom is 0.333 e. The molecule has 0 spiro atoms. The van der Waals surface area contributed by atoms with Crippen molar-refractivity contribution in [3.8, 4) is 0 Å². The molecule has 1 amide bonds. The molecule has 2 atom stereocenters. The Bertz CT molecular complexity index is 388. The molecule has 0 bridgehead atoms. The van der Waals surface area contributed by atoms with E-state index in [1.807, 2.05) is 6.08 Å². The summed E-state index contributed by atoms with van der Waals surface area (Å²) in [6.07, 6.45) is 4.78. The summed E-state index contributed by atoms with van der Waals surface area (Å²) in [6.45, 7) is 7.79. The van der Waals surface area contributed by atoms with Crippen molar-refractivity contribution in [1.29, 1.82) is 0 Å². The average molecular weight is 297 g/mol. The molecule has 120 valence electrons. The van der Waals surface area contributed by atoms with Crippen LogP contribution < -0.4 is 5.32 Å². The fourth-order valence-electron chi connectivity index (χ4n) is 2.52. The van der Waals surface area contributed by atoms with Crippen LogP contribution >= 0.6 is 0 Å². The first-order chi connectivity index (χ1) is 10.0. The highest BCUT2D eigenvalue weighted by atomic mass is 16.5. The Kier molecular flexibility index (Phi) is 7.43. The van der Waals surface area contributed by atoms with E-state index < -0.39 is 0 Å². The number of carbonyl (C=O) groups is 2. The second kappa shape index (κ2) is 8.82. The van der Waals surface area contributed by atoms with Crippen molar-refractivity contribution >= 4 is 11.9 Å². The summed E-state index contributed by atoms with van der Waals surface area (Å²) in [6, 6.07) is -0.0822. The van der Waals surface area contributed by atoms with Crippen molar-refractivity contribution in [3.63, 3.8) is 0 Å². The lowest BCUT2D eigenvalue weighted by Gasteiger charge is -2.32. The second-order valence-electron chi connectivity index (χ2n) is 5.30. The summed E-state index contributed by atoms with van der Waals surface area (Å²) in [7, 11) is 0. The van der Waals surface area contributed by atoms with E-state index >= 15 is 0 Å². The van der Waals surface area contributed by atoms with E-state index in [1.165, 1.54) is 6.92 Å². The van der Waals surface area contributed by atoms with E-state index in [1.54, 1.807) is 6.92 Å². The standard InChI is InChI=1S/C16H27NO4/c1-5-13(6-2)21-15-10-12(16(19)20-7-3)8-9-14(15)17-11(4)18/h10,13-15H,5-9H2,1-4H3,(H,17,18). The van der Waals surface area contributed by atoms with Gasteiger partial charge in [-0.2, -0.15) is 0 Å². The van der Waals surface area contributed by atoms with Gasteiger partial charge in [-0.3, -0.25) is 4.79 Å². The van der Waals surface area contributed by atoms with Crippen LogP contribution in [-0.2, 0) is 19.1 Å². The molecular weight excluding hydrogens is 270 g/mol. The van der Waals surface area contributed by atoms with Crippen LogP contribution in [0.2, 0.25) is 0 Å². The molecule has 0 aromatic heterocycles. The van der Waals surface area contributed by atoms with Crippen molar-refractivity contribution in [1.82, 2.24) is 5.32 Å². The van der Waals surface area contributed by atoms with Crippen LogP contribution in [0.5, 0.6) is 0 Å². The molecule has 0 saturated carbocycles. The maximum atomic E-state index is 11.9. The van der Waals surface area contributed by atoms with Gasteiger partial charge in [0.1, 0.15) is 0 Å². The fraction of sp³-hybridized carbons (Fsp3) is 0.750. The quantitative estimate of drug-likeness (QED) is 0.733. The van der Waals surface area contributed by atoms with Gasteiger partial charge in [0.05, 0.1) is 24.9 Å². The summed E-state index contributed by atoms with van der Waals surface area (Å²) in [4.78, 5) is 23.2. The lowest BCUT2D eigenvalue weighted by molar-refractivity contribution is -0.139. The first-order valence-corrected chi connectivity index (χ1v) is 7.82. The molecule has 0 heterocycles. The average Bonchev–Trinajstić information content (AvgIpc) is 2.45. The van der Waals surface area contributed by atoms with E-state index in [-0.39, 0.29) is 30.1 Å². The first-order valence-electron chi connectivity index (χ1n) is 7.82.